The first-order valence-corrected chi connectivity index (χ1v) is 7.10. The molecule has 1 aromatic rings. The fourth-order valence-electron chi connectivity index (χ4n) is 2.16. The second-order valence-electron chi connectivity index (χ2n) is 4.88. The maximum atomic E-state index is 12.1. The van der Waals surface area contributed by atoms with Crippen molar-refractivity contribution in [3.8, 4) is 0 Å². The summed E-state index contributed by atoms with van der Waals surface area (Å²) in [7, 11) is 0. The van der Waals surface area contributed by atoms with Gasteiger partial charge in [-0.2, -0.15) is 0 Å². The van der Waals surface area contributed by atoms with Crippen LogP contribution in [0.15, 0.2) is 22.7 Å². The summed E-state index contributed by atoms with van der Waals surface area (Å²) >= 11 is 3.30. The van der Waals surface area contributed by atoms with Gasteiger partial charge in [-0.25, -0.2) is 0 Å². The molecule has 1 aliphatic heterocycles. The van der Waals surface area contributed by atoms with Crippen molar-refractivity contribution in [2.24, 2.45) is 5.92 Å². The lowest BCUT2D eigenvalue weighted by Gasteiger charge is -2.14. The van der Waals surface area contributed by atoms with E-state index < -0.39 is 0 Å². The minimum Gasteiger partial charge on any atom is -0.396 e. The third kappa shape index (κ3) is 2.87. The van der Waals surface area contributed by atoms with Gasteiger partial charge in [0.05, 0.1) is 11.1 Å². The van der Waals surface area contributed by atoms with E-state index in [1.165, 1.54) is 4.90 Å². The Morgan fingerprint density at radius 1 is 1.26 bits per heavy atom. The average molecular weight is 326 g/mol. The van der Waals surface area contributed by atoms with Crippen LogP contribution in [0.25, 0.3) is 0 Å². The number of nitrogens with zero attached hydrogens (tertiary/aromatic N) is 1. The molecule has 102 valence electrons. The first-order chi connectivity index (χ1) is 9.04. The van der Waals surface area contributed by atoms with Crippen LogP contribution in [0.2, 0.25) is 0 Å². The summed E-state index contributed by atoms with van der Waals surface area (Å²) in [4.78, 5) is 25.5. The molecule has 19 heavy (non-hydrogen) atoms. The lowest BCUT2D eigenvalue weighted by atomic mass is 10.1. The fraction of sp³-hybridized carbons (Fsp3) is 0.429. The monoisotopic (exact) mass is 325 g/mol. The van der Waals surface area contributed by atoms with Gasteiger partial charge >= 0.3 is 0 Å². The maximum absolute atomic E-state index is 12.1. The van der Waals surface area contributed by atoms with Gasteiger partial charge in [-0.1, -0.05) is 22.9 Å². The number of aliphatic hydroxyl groups is 1. The van der Waals surface area contributed by atoms with Gasteiger partial charge < -0.3 is 5.11 Å². The quantitative estimate of drug-likeness (QED) is 0.846. The van der Waals surface area contributed by atoms with E-state index in [0.29, 0.717) is 24.1 Å². The molecule has 1 aromatic carbocycles. The topological polar surface area (TPSA) is 57.6 Å². The highest BCUT2D eigenvalue weighted by Gasteiger charge is 2.34. The number of aliphatic hydroxyl groups excluding tert-OH is 1. The molecule has 1 atom stereocenters. The predicted octanol–water partition coefficient (Wildman–Crippen LogP) is 2.45. The van der Waals surface area contributed by atoms with E-state index in [9.17, 15) is 9.59 Å². The first kappa shape index (κ1) is 14.2. The second kappa shape index (κ2) is 5.84. The molecule has 1 heterocycles. The van der Waals surface area contributed by atoms with Crippen LogP contribution in [0.4, 0.5) is 0 Å². The molecule has 0 spiro atoms. The molecule has 0 aromatic heterocycles. The SMILES string of the molecule is CC(CO)CCCN1C(=O)c2ccc(Br)cc2C1=O. The fourth-order valence-corrected chi connectivity index (χ4v) is 2.52. The number of hydrogen-bond donors (Lipinski definition) is 1. The molecule has 0 bridgehead atoms. The lowest BCUT2D eigenvalue weighted by Crippen LogP contribution is -2.31. The molecular formula is C14H16BrNO3. The van der Waals surface area contributed by atoms with Gasteiger partial charge in [0.25, 0.3) is 11.8 Å². The van der Waals surface area contributed by atoms with Crippen LogP contribution in [0.5, 0.6) is 0 Å². The standard InChI is InChI=1S/C14H16BrNO3/c1-9(8-17)3-2-6-16-13(18)11-5-4-10(15)7-12(11)14(16)19/h4-5,7,9,17H,2-3,6,8H2,1H3. The van der Waals surface area contributed by atoms with Crippen molar-refractivity contribution in [1.82, 2.24) is 4.90 Å². The van der Waals surface area contributed by atoms with Crippen molar-refractivity contribution in [3.63, 3.8) is 0 Å². The molecule has 0 fully saturated rings. The van der Waals surface area contributed by atoms with Gasteiger partial charge in [-0.05, 0) is 37.0 Å². The number of hydrogen-bond acceptors (Lipinski definition) is 3. The van der Waals surface area contributed by atoms with Crippen LogP contribution in [0, 0.1) is 5.92 Å². The van der Waals surface area contributed by atoms with Crippen LogP contribution in [0.1, 0.15) is 40.5 Å². The summed E-state index contributed by atoms with van der Waals surface area (Å²) in [6.45, 7) is 2.49. The normalized spacial score (nSPS) is 15.8. The number of benzene rings is 1. The minimum atomic E-state index is -0.224. The minimum absolute atomic E-state index is 0.134. The summed E-state index contributed by atoms with van der Waals surface area (Å²) in [5, 5.41) is 8.95. The summed E-state index contributed by atoms with van der Waals surface area (Å²) < 4.78 is 0.795. The average Bonchev–Trinajstić information content (AvgIpc) is 2.63. The van der Waals surface area contributed by atoms with E-state index in [4.69, 9.17) is 5.11 Å². The third-order valence-electron chi connectivity index (χ3n) is 3.32. The van der Waals surface area contributed by atoms with Crippen molar-refractivity contribution in [2.75, 3.05) is 13.2 Å². The molecule has 2 rings (SSSR count). The molecule has 5 heteroatoms. The third-order valence-corrected chi connectivity index (χ3v) is 3.82. The van der Waals surface area contributed by atoms with E-state index >= 15 is 0 Å². The number of fused-ring (bicyclic) bond motifs is 1. The lowest BCUT2D eigenvalue weighted by molar-refractivity contribution is 0.0648. The molecule has 0 aliphatic carbocycles. The van der Waals surface area contributed by atoms with E-state index in [1.807, 2.05) is 6.92 Å². The Morgan fingerprint density at radius 2 is 1.95 bits per heavy atom. The number of rotatable bonds is 5. The van der Waals surface area contributed by atoms with Crippen LogP contribution < -0.4 is 0 Å². The van der Waals surface area contributed by atoms with E-state index in [1.54, 1.807) is 18.2 Å². The number of carbonyl (C=O) groups excluding carboxylic acids is 2. The van der Waals surface area contributed by atoms with Gasteiger partial charge in [0, 0.05) is 17.6 Å². The van der Waals surface area contributed by atoms with E-state index in [-0.39, 0.29) is 24.3 Å². The zero-order chi connectivity index (χ0) is 14.0. The number of carbonyl (C=O) groups is 2. The Labute approximate surface area is 120 Å². The molecule has 4 nitrogen and oxygen atoms in total. The van der Waals surface area contributed by atoms with E-state index in [0.717, 1.165) is 10.9 Å². The maximum Gasteiger partial charge on any atom is 0.261 e. The van der Waals surface area contributed by atoms with Crippen molar-refractivity contribution < 1.29 is 14.7 Å². The van der Waals surface area contributed by atoms with Crippen molar-refractivity contribution in [3.05, 3.63) is 33.8 Å². The smallest absolute Gasteiger partial charge is 0.261 e. The number of imide groups is 1. The Bertz CT molecular complexity index is 515. The summed E-state index contributed by atoms with van der Waals surface area (Å²) in [5.74, 6) is -0.244. The molecule has 0 saturated heterocycles. The molecular weight excluding hydrogens is 310 g/mol. The van der Waals surface area contributed by atoms with Crippen molar-refractivity contribution in [1.29, 1.82) is 0 Å². The number of amides is 2. The van der Waals surface area contributed by atoms with Crippen molar-refractivity contribution in [2.45, 2.75) is 19.8 Å². The van der Waals surface area contributed by atoms with Gasteiger partial charge in [-0.15, -0.1) is 0 Å². The van der Waals surface area contributed by atoms with Crippen LogP contribution >= 0.6 is 15.9 Å². The second-order valence-corrected chi connectivity index (χ2v) is 5.80. The Hall–Kier alpha value is -1.20. The van der Waals surface area contributed by atoms with Gasteiger partial charge in [0.15, 0.2) is 0 Å². The van der Waals surface area contributed by atoms with Crippen LogP contribution in [-0.2, 0) is 0 Å². The first-order valence-electron chi connectivity index (χ1n) is 6.31. The predicted molar refractivity (Wildman–Crippen MR) is 75.0 cm³/mol. The number of halogens is 1. The van der Waals surface area contributed by atoms with Gasteiger partial charge in [0.2, 0.25) is 0 Å². The zero-order valence-corrected chi connectivity index (χ0v) is 12.3. The zero-order valence-electron chi connectivity index (χ0n) is 10.7. The molecule has 0 radical (unpaired) electrons. The Kier molecular flexibility index (Phi) is 4.37. The largest absolute Gasteiger partial charge is 0.396 e. The van der Waals surface area contributed by atoms with E-state index in [2.05, 4.69) is 15.9 Å². The van der Waals surface area contributed by atoms with Crippen LogP contribution in [-0.4, -0.2) is 35.0 Å². The molecule has 1 N–H and O–H groups in total. The van der Waals surface area contributed by atoms with Gasteiger partial charge in [-0.3, -0.25) is 14.5 Å². The molecule has 1 unspecified atom stereocenters. The Balaban J connectivity index is 2.06. The summed E-state index contributed by atoms with van der Waals surface area (Å²) in [5.41, 5.74) is 0.943. The van der Waals surface area contributed by atoms with Gasteiger partial charge in [0.1, 0.15) is 0 Å². The van der Waals surface area contributed by atoms with Crippen LogP contribution in [0.3, 0.4) is 0 Å². The molecule has 0 saturated carbocycles. The summed E-state index contributed by atoms with van der Waals surface area (Å²) in [6, 6.07) is 5.13. The van der Waals surface area contributed by atoms with Crippen molar-refractivity contribution >= 4 is 27.7 Å². The Morgan fingerprint density at radius 3 is 2.63 bits per heavy atom. The molecule has 1 aliphatic rings. The highest BCUT2D eigenvalue weighted by Crippen LogP contribution is 2.26. The molecule has 2 amide bonds. The highest BCUT2D eigenvalue weighted by molar-refractivity contribution is 9.10. The summed E-state index contributed by atoms with van der Waals surface area (Å²) in [6.07, 6.45) is 1.52. The highest BCUT2D eigenvalue weighted by atomic mass is 79.9.